The Labute approximate surface area is 309 Å². The molecule has 27 heteroatoms. The zero-order chi connectivity index (χ0) is 41.8. The molecule has 0 aliphatic heterocycles. The molecule has 0 aliphatic carbocycles. The first kappa shape index (κ1) is 57.3. The van der Waals surface area contributed by atoms with E-state index in [0.717, 1.165) is 12.8 Å². The van der Waals surface area contributed by atoms with Gasteiger partial charge in [-0.3, -0.25) is 28.8 Å². The molecule has 0 aromatic carbocycles. The molecule has 2 atom stereocenters. The molecule has 0 spiro atoms. The molecule has 0 aliphatic rings. The van der Waals surface area contributed by atoms with Crippen molar-refractivity contribution < 1.29 is 126 Å². The number of unbranched alkanes of at least 4 members (excludes halogenated alkanes) is 2. The number of rotatable bonds is 20. The summed E-state index contributed by atoms with van der Waals surface area (Å²) in [5.41, 5.74) is 15.5. The topological polar surface area (TPSA) is 501 Å². The van der Waals surface area contributed by atoms with Crippen LogP contribution in [-0.4, -0.2) is 137 Å². The maximum Gasteiger partial charge on any atom is 2.00 e. The van der Waals surface area contributed by atoms with Crippen LogP contribution in [0, 0.1) is 0 Å². The fourth-order valence-corrected chi connectivity index (χ4v) is 3.00. The van der Waals surface area contributed by atoms with Crippen molar-refractivity contribution in [1.29, 1.82) is 0 Å². The Kier molecular flexibility index (Phi) is 33.1. The third-order valence-electron chi connectivity index (χ3n) is 5.48. The Balaban J connectivity index is -0.000000192. The van der Waals surface area contributed by atoms with E-state index in [-0.39, 0.29) is 17.1 Å². The van der Waals surface area contributed by atoms with Crippen molar-refractivity contribution in [2.45, 2.75) is 87.5 Å². The molecule has 53 heavy (non-hydrogen) atoms. The first-order chi connectivity index (χ1) is 23.7. The quantitative estimate of drug-likeness (QED) is 0.0235. The summed E-state index contributed by atoms with van der Waals surface area (Å²) in [6.07, 6.45) is -4.78. The van der Waals surface area contributed by atoms with Crippen molar-refractivity contribution in [2.24, 2.45) is 22.9 Å². The number of ether oxygens (including phenoxy) is 2. The van der Waals surface area contributed by atoms with E-state index in [9.17, 15) is 58.2 Å². The van der Waals surface area contributed by atoms with Gasteiger partial charge in [0.1, 0.15) is 0 Å². The summed E-state index contributed by atoms with van der Waals surface area (Å²) in [5, 5.41) is 87.3. The SMILES string of the molecule is NCCCC[C@H](N)C(=O)OC(=O)[O-].NCCCC[C@H](N)C(=O)OC(=O)[O-].O=C(O)CC(O)(CC(=O)O)C(=O)O.O=C(O)CC(O)(CC(=O)O)C(=O)O.[Cu+2]. The molecule has 26 nitrogen and oxygen atoms in total. The third kappa shape index (κ3) is 33.9. The second kappa shape index (κ2) is 30.6. The molecule has 0 bridgehead atoms. The summed E-state index contributed by atoms with van der Waals surface area (Å²) in [6, 6.07) is -1.83. The van der Waals surface area contributed by atoms with Crippen LogP contribution in [0.15, 0.2) is 0 Å². The molecule has 0 rings (SSSR count). The number of carbonyl (C=O) groups is 10. The van der Waals surface area contributed by atoms with Gasteiger partial charge in [-0.25, -0.2) is 9.59 Å². The minimum Gasteiger partial charge on any atom is -0.483 e. The first-order valence-corrected chi connectivity index (χ1v) is 14.3. The van der Waals surface area contributed by atoms with E-state index in [1.165, 1.54) is 0 Å². The number of esters is 2. The van der Waals surface area contributed by atoms with E-state index in [1.54, 1.807) is 0 Å². The maximum atomic E-state index is 10.7. The van der Waals surface area contributed by atoms with Crippen LogP contribution >= 0.6 is 0 Å². The summed E-state index contributed by atoms with van der Waals surface area (Å²) in [4.78, 5) is 102. The van der Waals surface area contributed by atoms with Crippen molar-refractivity contribution in [1.82, 2.24) is 0 Å². The predicted octanol–water partition coefficient (Wildman–Crippen LogP) is -5.84. The Hall–Kier alpha value is -5.02. The van der Waals surface area contributed by atoms with E-state index in [0.29, 0.717) is 38.8 Å². The molecule has 0 saturated carbocycles. The van der Waals surface area contributed by atoms with Gasteiger partial charge in [-0.15, -0.1) is 0 Å². The summed E-state index contributed by atoms with van der Waals surface area (Å²) in [7, 11) is 0. The van der Waals surface area contributed by atoms with Crippen molar-refractivity contribution >= 4 is 60.1 Å². The van der Waals surface area contributed by atoms with Crippen LogP contribution in [0.4, 0.5) is 9.59 Å². The summed E-state index contributed by atoms with van der Waals surface area (Å²) in [5.74, 6) is -12.0. The number of nitrogens with two attached hydrogens (primary N) is 4. The van der Waals surface area contributed by atoms with E-state index in [2.05, 4.69) is 9.47 Å². The molecule has 0 heterocycles. The molecule has 0 amide bonds. The van der Waals surface area contributed by atoms with Gasteiger partial charge in [0.05, 0.1) is 37.8 Å². The minimum atomic E-state index is -2.74. The Bertz CT molecular complexity index is 1110. The molecule has 1 radical (unpaired) electrons. The number of hydrogen-bond donors (Lipinski definition) is 12. The molecular formula is C26H42CuN4O22. The van der Waals surface area contributed by atoms with Gasteiger partial charge in [0.25, 0.3) is 24.2 Å². The molecule has 16 N–H and O–H groups in total. The van der Waals surface area contributed by atoms with Gasteiger partial charge in [0.15, 0.2) is 11.2 Å². The van der Waals surface area contributed by atoms with Gasteiger partial charge < -0.3 is 93.1 Å². The summed E-state index contributed by atoms with van der Waals surface area (Å²) < 4.78 is 7.51. The van der Waals surface area contributed by atoms with Crippen LogP contribution in [0.25, 0.3) is 0 Å². The Morgan fingerprint density at radius 1 is 0.509 bits per heavy atom. The van der Waals surface area contributed by atoms with Crippen LogP contribution in [-0.2, 0) is 64.9 Å². The number of carboxylic acid groups (broad SMARTS) is 8. The van der Waals surface area contributed by atoms with E-state index < -0.39 is 109 Å². The maximum absolute atomic E-state index is 10.7. The van der Waals surface area contributed by atoms with Gasteiger partial charge in [-0.1, -0.05) is 12.8 Å². The molecule has 0 aromatic heterocycles. The van der Waals surface area contributed by atoms with E-state index in [4.69, 9.17) is 63.8 Å². The van der Waals surface area contributed by atoms with Crippen LogP contribution in [0.3, 0.4) is 0 Å². The minimum absolute atomic E-state index is 0. The van der Waals surface area contributed by atoms with Crippen LogP contribution in [0.1, 0.15) is 64.2 Å². The first-order valence-electron chi connectivity index (χ1n) is 14.3. The van der Waals surface area contributed by atoms with Gasteiger partial charge in [0, 0.05) is 0 Å². The van der Waals surface area contributed by atoms with E-state index in [1.807, 2.05) is 0 Å². The zero-order valence-corrected chi connectivity index (χ0v) is 28.5. The zero-order valence-electron chi connectivity index (χ0n) is 27.5. The molecular weight excluding hydrogens is 784 g/mol. The van der Waals surface area contributed by atoms with Gasteiger partial charge in [0.2, 0.25) is 0 Å². The predicted molar refractivity (Wildman–Crippen MR) is 159 cm³/mol. The van der Waals surface area contributed by atoms with Gasteiger partial charge in [-0.05, 0) is 38.8 Å². The van der Waals surface area contributed by atoms with Gasteiger partial charge in [-0.2, -0.15) is 0 Å². The largest absolute Gasteiger partial charge is 2.00 e. The second-order valence-corrected chi connectivity index (χ2v) is 10.1. The molecule has 0 fully saturated rings. The second-order valence-electron chi connectivity index (χ2n) is 10.1. The number of carboxylic acids is 6. The van der Waals surface area contributed by atoms with Crippen molar-refractivity contribution in [2.75, 3.05) is 13.1 Å². The average molecular weight is 826 g/mol. The molecule has 309 valence electrons. The number of carbonyl (C=O) groups excluding carboxylic acids is 4. The molecule has 0 unspecified atom stereocenters. The average Bonchev–Trinajstić information content (AvgIpc) is 2.95. The number of hydrogen-bond acceptors (Lipinski definition) is 20. The monoisotopic (exact) mass is 825 g/mol. The third-order valence-corrected chi connectivity index (χ3v) is 5.48. The van der Waals surface area contributed by atoms with Crippen molar-refractivity contribution in [3.8, 4) is 0 Å². The number of aliphatic carboxylic acids is 6. The Morgan fingerprint density at radius 2 is 0.736 bits per heavy atom. The van der Waals surface area contributed by atoms with Crippen LogP contribution in [0.2, 0.25) is 0 Å². The summed E-state index contributed by atoms with van der Waals surface area (Å²) >= 11 is 0. The normalized spacial score (nSPS) is 11.3. The number of aliphatic hydroxyl groups is 2. The van der Waals surface area contributed by atoms with Crippen molar-refractivity contribution in [3.63, 3.8) is 0 Å². The van der Waals surface area contributed by atoms with Crippen LogP contribution < -0.4 is 33.1 Å². The van der Waals surface area contributed by atoms with E-state index >= 15 is 0 Å². The molecule has 0 aromatic rings. The fourth-order valence-electron chi connectivity index (χ4n) is 3.00. The summed E-state index contributed by atoms with van der Waals surface area (Å²) in [6.45, 7) is 1.03. The Morgan fingerprint density at radius 3 is 0.887 bits per heavy atom. The van der Waals surface area contributed by atoms with Crippen LogP contribution in [0.5, 0.6) is 0 Å². The molecule has 0 saturated heterocycles. The smallest absolute Gasteiger partial charge is 0.483 e. The van der Waals surface area contributed by atoms with Gasteiger partial charge >= 0.3 is 52.9 Å². The standard InChI is InChI=1S/2C7H14N2O4.2C6H8O7.Cu/c2*8-4-2-1-3-5(9)6(10)13-7(11)12;2*7-3(8)1-6(13,5(11)12)2-4(9)10;/h2*5H,1-4,8-9H2,(H,11,12);2*13H,1-2H2,(H,7,8)(H,9,10)(H,11,12);/q;;;;+2/p-2/t2*5-;;;/m00.../s1. The fraction of sp³-hybridized carbons (Fsp3) is 0.615. The van der Waals surface area contributed by atoms with Crippen molar-refractivity contribution in [3.05, 3.63) is 0 Å².